The predicted octanol–water partition coefficient (Wildman–Crippen LogP) is 5.56. The average molecular weight is 600 g/mol. The van der Waals surface area contributed by atoms with Gasteiger partial charge in [-0.15, -0.1) is 0 Å². The van der Waals surface area contributed by atoms with Crippen molar-refractivity contribution in [2.24, 2.45) is 0 Å². The Morgan fingerprint density at radius 2 is 1.76 bits per heavy atom. The number of hydrogen-bond donors (Lipinski definition) is 1. The summed E-state index contributed by atoms with van der Waals surface area (Å²) in [5, 5.41) is 7.96. The van der Waals surface area contributed by atoms with Crippen LogP contribution in [0.5, 0.6) is 5.75 Å². The highest BCUT2D eigenvalue weighted by Gasteiger charge is 2.29. The fourth-order valence-corrected chi connectivity index (χ4v) is 4.83. The van der Waals surface area contributed by atoms with Crippen molar-refractivity contribution in [3.63, 3.8) is 0 Å². The van der Waals surface area contributed by atoms with Crippen LogP contribution in [0.4, 0.5) is 10.5 Å². The van der Waals surface area contributed by atoms with Gasteiger partial charge >= 0.3 is 6.09 Å². The van der Waals surface area contributed by atoms with Crippen LogP contribution in [0.3, 0.4) is 0 Å². The monoisotopic (exact) mass is 599 g/mol. The largest absolute Gasteiger partial charge is 0.485 e. The molecule has 0 saturated carbocycles. The van der Waals surface area contributed by atoms with Crippen LogP contribution >= 0.6 is 11.6 Å². The highest BCUT2D eigenvalue weighted by Crippen LogP contribution is 2.32. The van der Waals surface area contributed by atoms with Crippen molar-refractivity contribution < 1.29 is 28.3 Å². The number of aryl methyl sites for hydroxylation is 2. The fourth-order valence-electron chi connectivity index (χ4n) is 4.66. The normalized spacial score (nSPS) is 14.2. The van der Waals surface area contributed by atoms with Crippen molar-refractivity contribution in [3.8, 4) is 5.75 Å². The number of hydrogen-bond acceptors (Lipinski definition) is 7. The minimum atomic E-state index is -0.594. The van der Waals surface area contributed by atoms with Gasteiger partial charge in [-0.05, 0) is 69.0 Å². The van der Waals surface area contributed by atoms with Crippen LogP contribution in [-0.2, 0) is 16.1 Å². The maximum Gasteiger partial charge on any atom is 0.409 e. The molecule has 1 aliphatic rings. The quantitative estimate of drug-likeness (QED) is 0.342. The minimum Gasteiger partial charge on any atom is -0.485 e. The van der Waals surface area contributed by atoms with Crippen LogP contribution in [0, 0.1) is 13.8 Å². The van der Waals surface area contributed by atoms with Gasteiger partial charge in [0.15, 0.2) is 5.76 Å². The molecule has 1 atom stereocenters. The molecule has 1 saturated heterocycles. The number of anilines is 1. The second kappa shape index (κ2) is 13.3. The number of ether oxygens (including phenoxy) is 2. The summed E-state index contributed by atoms with van der Waals surface area (Å²) in [7, 11) is 0. The first-order valence-corrected chi connectivity index (χ1v) is 14.4. The number of halogens is 1. The number of furan rings is 1. The number of amides is 3. The Labute approximate surface area is 250 Å². The Morgan fingerprint density at radius 1 is 1.07 bits per heavy atom. The smallest absolute Gasteiger partial charge is 0.409 e. The van der Waals surface area contributed by atoms with E-state index in [9.17, 15) is 14.4 Å². The van der Waals surface area contributed by atoms with E-state index >= 15 is 0 Å². The topological polar surface area (TPSA) is 119 Å². The first kappa shape index (κ1) is 31.0. The molecule has 1 unspecified atom stereocenters. The van der Waals surface area contributed by atoms with Gasteiger partial charge in [0, 0.05) is 37.4 Å². The predicted molar refractivity (Wildman–Crippen MR) is 158 cm³/mol. The van der Waals surface area contributed by atoms with Crippen molar-refractivity contribution in [1.82, 2.24) is 19.6 Å². The average Bonchev–Trinajstić information content (AvgIpc) is 3.59. The number of carbonyl (C=O) groups is 3. The highest BCUT2D eigenvalue weighted by molar-refractivity contribution is 6.31. The third kappa shape index (κ3) is 7.07. The van der Waals surface area contributed by atoms with Gasteiger partial charge in [-0.1, -0.05) is 25.4 Å². The van der Waals surface area contributed by atoms with Crippen molar-refractivity contribution in [3.05, 3.63) is 63.8 Å². The number of aromatic nitrogens is 2. The Morgan fingerprint density at radius 3 is 2.43 bits per heavy atom. The van der Waals surface area contributed by atoms with Gasteiger partial charge in [0.05, 0.1) is 18.0 Å². The Kier molecular flexibility index (Phi) is 9.82. The summed E-state index contributed by atoms with van der Waals surface area (Å²) in [6.07, 6.45) is 1.27. The fraction of sp³-hybridized carbons (Fsp3) is 0.467. The van der Waals surface area contributed by atoms with E-state index in [1.54, 1.807) is 48.9 Å². The number of rotatable bonds is 9. The van der Waals surface area contributed by atoms with E-state index in [2.05, 4.69) is 24.3 Å². The lowest BCUT2D eigenvalue weighted by molar-refractivity contribution is -0.136. The molecule has 4 rings (SSSR count). The molecule has 0 aliphatic carbocycles. The molecule has 2 aromatic heterocycles. The van der Waals surface area contributed by atoms with Crippen molar-refractivity contribution >= 4 is 35.2 Å². The number of piperazine rings is 1. The summed E-state index contributed by atoms with van der Waals surface area (Å²) in [5.41, 5.74) is 2.94. The van der Waals surface area contributed by atoms with E-state index in [1.807, 2.05) is 19.1 Å². The Bertz CT molecular complexity index is 1440. The van der Waals surface area contributed by atoms with Crippen molar-refractivity contribution in [1.29, 1.82) is 0 Å². The molecule has 3 heterocycles. The summed E-state index contributed by atoms with van der Waals surface area (Å²) in [6, 6.07) is 6.52. The van der Waals surface area contributed by atoms with Gasteiger partial charge in [-0.2, -0.15) is 5.10 Å². The third-order valence-electron chi connectivity index (χ3n) is 7.20. The zero-order chi connectivity index (χ0) is 30.6. The van der Waals surface area contributed by atoms with Crippen molar-refractivity contribution in [2.45, 2.75) is 60.1 Å². The standard InChI is InChI=1S/C30H38ClN5O6/c1-7-40-30(39)35-12-10-34(11-13-35)29(38)21(6)36-16-25(20(5)33-36)32-28(37)26-9-8-22(42-26)17-41-27-14-19(4)24(31)15-23(27)18(2)3/h8-9,14-16,18,21H,7,10-13,17H2,1-6H3,(H,32,37). The zero-order valence-electron chi connectivity index (χ0n) is 24.9. The van der Waals surface area contributed by atoms with Gasteiger partial charge in [0.1, 0.15) is 24.2 Å². The highest BCUT2D eigenvalue weighted by atomic mass is 35.5. The van der Waals surface area contributed by atoms with E-state index in [-0.39, 0.29) is 30.3 Å². The van der Waals surface area contributed by atoms with Crippen LogP contribution in [-0.4, -0.2) is 70.3 Å². The SMILES string of the molecule is CCOC(=O)N1CCN(C(=O)C(C)n2cc(NC(=O)c3ccc(COc4cc(C)c(Cl)cc4C(C)C)o3)c(C)n2)CC1. The lowest BCUT2D eigenvalue weighted by atomic mass is 10.0. The maximum atomic E-state index is 13.1. The van der Waals surface area contributed by atoms with E-state index < -0.39 is 11.9 Å². The lowest BCUT2D eigenvalue weighted by Gasteiger charge is -2.35. The van der Waals surface area contributed by atoms with Gasteiger partial charge in [0.25, 0.3) is 5.91 Å². The summed E-state index contributed by atoms with van der Waals surface area (Å²) >= 11 is 6.30. The molecule has 1 aliphatic heterocycles. The summed E-state index contributed by atoms with van der Waals surface area (Å²) < 4.78 is 18.4. The third-order valence-corrected chi connectivity index (χ3v) is 7.61. The number of carbonyl (C=O) groups excluding carboxylic acids is 3. The molecule has 3 amide bonds. The molecule has 1 fully saturated rings. The summed E-state index contributed by atoms with van der Waals surface area (Å²) in [6.45, 7) is 13.4. The van der Waals surface area contributed by atoms with Crippen molar-refractivity contribution in [2.75, 3.05) is 38.1 Å². The maximum absolute atomic E-state index is 13.1. The molecular weight excluding hydrogens is 562 g/mol. The van der Waals surface area contributed by atoms with Crippen LogP contribution in [0.15, 0.2) is 34.9 Å². The second-order valence-electron chi connectivity index (χ2n) is 10.6. The van der Waals surface area contributed by atoms with Gasteiger partial charge in [0.2, 0.25) is 5.91 Å². The molecule has 12 heteroatoms. The van der Waals surface area contributed by atoms with Crippen LogP contribution in [0.2, 0.25) is 5.02 Å². The number of nitrogens with zero attached hydrogens (tertiary/aromatic N) is 4. The van der Waals surface area contributed by atoms with E-state index in [0.29, 0.717) is 55.0 Å². The molecule has 1 aromatic carbocycles. The molecule has 1 N–H and O–H groups in total. The Balaban J connectivity index is 1.35. The summed E-state index contributed by atoms with van der Waals surface area (Å²) in [5.74, 6) is 1.01. The second-order valence-corrected chi connectivity index (χ2v) is 11.0. The van der Waals surface area contributed by atoms with Gasteiger partial charge < -0.3 is 29.0 Å². The van der Waals surface area contributed by atoms with Gasteiger partial charge in [-0.25, -0.2) is 4.79 Å². The molecule has 11 nitrogen and oxygen atoms in total. The number of nitrogens with one attached hydrogen (secondary N) is 1. The van der Waals surface area contributed by atoms with Crippen LogP contribution in [0.1, 0.15) is 72.8 Å². The summed E-state index contributed by atoms with van der Waals surface area (Å²) in [4.78, 5) is 41.3. The van der Waals surface area contributed by atoms with E-state index in [1.165, 1.54) is 4.68 Å². The van der Waals surface area contributed by atoms with E-state index in [4.69, 9.17) is 25.5 Å². The van der Waals surface area contributed by atoms with Crippen LogP contribution < -0.4 is 10.1 Å². The molecule has 0 bridgehead atoms. The van der Waals surface area contributed by atoms with Gasteiger partial charge in [-0.3, -0.25) is 14.3 Å². The first-order valence-electron chi connectivity index (χ1n) is 14.1. The molecule has 3 aromatic rings. The van der Waals surface area contributed by atoms with Crippen LogP contribution in [0.25, 0.3) is 0 Å². The van der Waals surface area contributed by atoms with E-state index in [0.717, 1.165) is 16.9 Å². The Hall–Kier alpha value is -3.99. The molecular formula is C30H38ClN5O6. The first-order chi connectivity index (χ1) is 20.0. The molecule has 0 spiro atoms. The molecule has 0 radical (unpaired) electrons. The zero-order valence-corrected chi connectivity index (χ0v) is 25.7. The molecule has 226 valence electrons. The number of benzene rings is 1. The lowest BCUT2D eigenvalue weighted by Crippen LogP contribution is -2.52. The minimum absolute atomic E-state index is 0.119. The molecule has 42 heavy (non-hydrogen) atoms.